The fourth-order valence-corrected chi connectivity index (χ4v) is 1.28. The molecule has 4 heteroatoms. The van der Waals surface area contributed by atoms with E-state index >= 15 is 0 Å². The summed E-state index contributed by atoms with van der Waals surface area (Å²) >= 11 is 0. The number of para-hydroxylation sites is 1. The van der Waals surface area contributed by atoms with Gasteiger partial charge in [-0.1, -0.05) is 18.2 Å². The van der Waals surface area contributed by atoms with Crippen LogP contribution in [0.1, 0.15) is 5.56 Å². The van der Waals surface area contributed by atoms with Crippen LogP contribution in [0.25, 0.3) is 0 Å². The second-order valence-electron chi connectivity index (χ2n) is 3.16. The van der Waals surface area contributed by atoms with Crippen LogP contribution in [0.5, 0.6) is 0 Å². The monoisotopic (exact) mass is 200 g/mol. The molecule has 0 amide bonds. The highest BCUT2D eigenvalue weighted by molar-refractivity contribution is 5.48. The van der Waals surface area contributed by atoms with Crippen LogP contribution in [0.15, 0.2) is 42.6 Å². The minimum Gasteiger partial charge on any atom is -0.398 e. The molecule has 2 rings (SSSR count). The highest BCUT2D eigenvalue weighted by atomic mass is 15.2. The molecule has 1 aromatic carbocycles. The Bertz CT molecular complexity index is 428. The van der Waals surface area contributed by atoms with Gasteiger partial charge in [-0.3, -0.25) is 0 Å². The SMILES string of the molecule is Nc1ccccc1CNc1cccnn1. The van der Waals surface area contributed by atoms with Gasteiger partial charge in [0.25, 0.3) is 0 Å². The van der Waals surface area contributed by atoms with Crippen LogP contribution < -0.4 is 11.1 Å². The third-order valence-electron chi connectivity index (χ3n) is 2.09. The van der Waals surface area contributed by atoms with Crippen molar-refractivity contribution in [1.29, 1.82) is 0 Å². The molecule has 0 atom stereocenters. The summed E-state index contributed by atoms with van der Waals surface area (Å²) in [6.07, 6.45) is 1.64. The maximum absolute atomic E-state index is 5.81. The Kier molecular flexibility index (Phi) is 2.78. The predicted octanol–water partition coefficient (Wildman–Crippen LogP) is 1.67. The molecule has 3 N–H and O–H groups in total. The van der Waals surface area contributed by atoms with Crippen LogP contribution in [-0.2, 0) is 6.54 Å². The maximum Gasteiger partial charge on any atom is 0.148 e. The second kappa shape index (κ2) is 4.41. The first-order chi connectivity index (χ1) is 7.36. The summed E-state index contributed by atoms with van der Waals surface area (Å²) in [7, 11) is 0. The van der Waals surface area contributed by atoms with E-state index < -0.39 is 0 Å². The fourth-order valence-electron chi connectivity index (χ4n) is 1.28. The molecule has 0 aliphatic rings. The average Bonchev–Trinajstić information content (AvgIpc) is 2.29. The van der Waals surface area contributed by atoms with Gasteiger partial charge in [0, 0.05) is 18.4 Å². The highest BCUT2D eigenvalue weighted by Gasteiger charge is 1.97. The Morgan fingerprint density at radius 1 is 1.13 bits per heavy atom. The molecule has 0 spiro atoms. The fraction of sp³-hybridized carbons (Fsp3) is 0.0909. The van der Waals surface area contributed by atoms with Crippen LogP contribution in [0.2, 0.25) is 0 Å². The molecule has 76 valence electrons. The number of benzene rings is 1. The van der Waals surface area contributed by atoms with Gasteiger partial charge in [-0.15, -0.1) is 5.10 Å². The van der Waals surface area contributed by atoms with Crippen molar-refractivity contribution < 1.29 is 0 Å². The van der Waals surface area contributed by atoms with Crippen molar-refractivity contribution in [2.24, 2.45) is 0 Å². The minimum atomic E-state index is 0.658. The topological polar surface area (TPSA) is 63.8 Å². The van der Waals surface area contributed by atoms with E-state index in [-0.39, 0.29) is 0 Å². The van der Waals surface area contributed by atoms with Crippen molar-refractivity contribution >= 4 is 11.5 Å². The van der Waals surface area contributed by atoms with Gasteiger partial charge in [-0.05, 0) is 23.8 Å². The standard InChI is InChI=1S/C11H12N4/c12-10-5-2-1-4-9(10)8-13-11-6-3-7-14-15-11/h1-7H,8,12H2,(H,13,15). The van der Waals surface area contributed by atoms with Gasteiger partial charge in [0.2, 0.25) is 0 Å². The van der Waals surface area contributed by atoms with E-state index in [4.69, 9.17) is 5.73 Å². The van der Waals surface area contributed by atoms with Crippen LogP contribution >= 0.6 is 0 Å². The first-order valence-electron chi connectivity index (χ1n) is 4.71. The lowest BCUT2D eigenvalue weighted by atomic mass is 10.2. The smallest absolute Gasteiger partial charge is 0.148 e. The highest BCUT2D eigenvalue weighted by Crippen LogP contribution is 2.11. The Morgan fingerprint density at radius 3 is 2.73 bits per heavy atom. The molecule has 1 heterocycles. The van der Waals surface area contributed by atoms with Gasteiger partial charge in [0.1, 0.15) is 5.82 Å². The number of hydrogen-bond acceptors (Lipinski definition) is 4. The van der Waals surface area contributed by atoms with Gasteiger partial charge in [0.15, 0.2) is 0 Å². The predicted molar refractivity (Wildman–Crippen MR) is 60.2 cm³/mol. The summed E-state index contributed by atoms with van der Waals surface area (Å²) in [4.78, 5) is 0. The summed E-state index contributed by atoms with van der Waals surface area (Å²) in [5.41, 5.74) is 7.65. The number of aromatic nitrogens is 2. The van der Waals surface area contributed by atoms with Crippen LogP contribution in [0.4, 0.5) is 11.5 Å². The van der Waals surface area contributed by atoms with Crippen LogP contribution in [0.3, 0.4) is 0 Å². The molecular formula is C11H12N4. The molecule has 0 aliphatic carbocycles. The summed E-state index contributed by atoms with van der Waals surface area (Å²) in [5.74, 6) is 0.751. The van der Waals surface area contributed by atoms with E-state index in [2.05, 4.69) is 15.5 Å². The maximum atomic E-state index is 5.81. The molecular weight excluding hydrogens is 188 g/mol. The van der Waals surface area contributed by atoms with Crippen molar-refractivity contribution in [3.05, 3.63) is 48.2 Å². The Hall–Kier alpha value is -2.10. The molecule has 0 fully saturated rings. The molecule has 2 aromatic rings. The molecule has 4 nitrogen and oxygen atoms in total. The van der Waals surface area contributed by atoms with Crippen LogP contribution in [-0.4, -0.2) is 10.2 Å². The third kappa shape index (κ3) is 2.43. The number of anilines is 2. The first kappa shape index (κ1) is 9.45. The van der Waals surface area contributed by atoms with E-state index in [9.17, 15) is 0 Å². The zero-order valence-corrected chi connectivity index (χ0v) is 8.22. The van der Waals surface area contributed by atoms with Crippen LogP contribution in [0, 0.1) is 0 Å². The molecule has 0 radical (unpaired) electrons. The number of nitrogen functional groups attached to an aromatic ring is 1. The lowest BCUT2D eigenvalue weighted by molar-refractivity contribution is 1.00. The lowest BCUT2D eigenvalue weighted by Crippen LogP contribution is -2.04. The number of nitrogens with two attached hydrogens (primary N) is 1. The zero-order valence-electron chi connectivity index (χ0n) is 8.22. The number of nitrogens with one attached hydrogen (secondary N) is 1. The zero-order chi connectivity index (χ0) is 10.5. The number of rotatable bonds is 3. The second-order valence-corrected chi connectivity index (χ2v) is 3.16. The molecule has 1 aromatic heterocycles. The molecule has 0 aliphatic heterocycles. The van der Waals surface area contributed by atoms with E-state index in [0.717, 1.165) is 17.1 Å². The van der Waals surface area contributed by atoms with E-state index in [1.165, 1.54) is 0 Å². The molecule has 0 saturated carbocycles. The van der Waals surface area contributed by atoms with E-state index in [1.54, 1.807) is 6.20 Å². The minimum absolute atomic E-state index is 0.658. The summed E-state index contributed by atoms with van der Waals surface area (Å²) < 4.78 is 0. The van der Waals surface area contributed by atoms with Gasteiger partial charge in [-0.2, -0.15) is 5.10 Å². The van der Waals surface area contributed by atoms with E-state index in [0.29, 0.717) is 6.54 Å². The van der Waals surface area contributed by atoms with Gasteiger partial charge < -0.3 is 11.1 Å². The molecule has 0 saturated heterocycles. The van der Waals surface area contributed by atoms with Gasteiger partial charge >= 0.3 is 0 Å². The van der Waals surface area contributed by atoms with Crippen molar-refractivity contribution in [1.82, 2.24) is 10.2 Å². The third-order valence-corrected chi connectivity index (χ3v) is 2.09. The summed E-state index contributed by atoms with van der Waals surface area (Å²) in [5, 5.41) is 10.8. The number of nitrogens with zero attached hydrogens (tertiary/aromatic N) is 2. The quantitative estimate of drug-likeness (QED) is 0.740. The summed E-state index contributed by atoms with van der Waals surface area (Å²) in [6, 6.07) is 11.5. The van der Waals surface area contributed by atoms with Gasteiger partial charge in [0.05, 0.1) is 0 Å². The first-order valence-corrected chi connectivity index (χ1v) is 4.71. The largest absolute Gasteiger partial charge is 0.398 e. The van der Waals surface area contributed by atoms with E-state index in [1.807, 2.05) is 36.4 Å². The van der Waals surface area contributed by atoms with Crippen molar-refractivity contribution in [3.63, 3.8) is 0 Å². The number of hydrogen-bond donors (Lipinski definition) is 2. The average molecular weight is 200 g/mol. The van der Waals surface area contributed by atoms with Gasteiger partial charge in [-0.25, -0.2) is 0 Å². The lowest BCUT2D eigenvalue weighted by Gasteiger charge is -2.06. The Labute approximate surface area is 88.2 Å². The Morgan fingerprint density at radius 2 is 2.00 bits per heavy atom. The molecule has 0 unspecified atom stereocenters. The Balaban J connectivity index is 2.03. The normalized spacial score (nSPS) is 9.87. The molecule has 15 heavy (non-hydrogen) atoms. The molecule has 0 bridgehead atoms. The summed E-state index contributed by atoms with van der Waals surface area (Å²) in [6.45, 7) is 0.658. The van der Waals surface area contributed by atoms with Crippen molar-refractivity contribution in [2.45, 2.75) is 6.54 Å². The van der Waals surface area contributed by atoms with Crippen molar-refractivity contribution in [2.75, 3.05) is 11.1 Å². The van der Waals surface area contributed by atoms with Crippen molar-refractivity contribution in [3.8, 4) is 0 Å².